The van der Waals surface area contributed by atoms with Gasteiger partial charge in [-0.05, 0) is 43.8 Å². The van der Waals surface area contributed by atoms with Crippen LogP contribution in [-0.2, 0) is 6.54 Å². The number of hydrogen-bond donors (Lipinski definition) is 1. The van der Waals surface area contributed by atoms with E-state index < -0.39 is 5.97 Å². The van der Waals surface area contributed by atoms with Crippen LogP contribution in [-0.4, -0.2) is 30.1 Å². The second kappa shape index (κ2) is 6.45. The Morgan fingerprint density at radius 3 is 2.48 bits per heavy atom. The zero-order chi connectivity index (χ0) is 15.4. The van der Waals surface area contributed by atoms with Crippen molar-refractivity contribution in [3.05, 3.63) is 53.5 Å². The van der Waals surface area contributed by atoms with E-state index in [-0.39, 0.29) is 11.8 Å². The van der Waals surface area contributed by atoms with Gasteiger partial charge in [0.15, 0.2) is 0 Å². The van der Waals surface area contributed by atoms with Crippen molar-refractivity contribution in [3.8, 4) is 5.75 Å². The van der Waals surface area contributed by atoms with E-state index in [0.717, 1.165) is 17.9 Å². The molecule has 21 heavy (non-hydrogen) atoms. The fourth-order valence-electron chi connectivity index (χ4n) is 2.07. The second-order valence-electron chi connectivity index (χ2n) is 4.95. The predicted molar refractivity (Wildman–Crippen MR) is 78.5 cm³/mol. The normalized spacial score (nSPS) is 12.4. The van der Waals surface area contributed by atoms with Crippen molar-refractivity contribution >= 4 is 5.97 Å². The number of carbonyl (C=O) groups is 1. The largest absolute Gasteiger partial charge is 0.497 e. The molecule has 1 heterocycles. The van der Waals surface area contributed by atoms with Gasteiger partial charge in [-0.15, -0.1) is 0 Å². The van der Waals surface area contributed by atoms with Crippen LogP contribution in [0.25, 0.3) is 0 Å². The summed E-state index contributed by atoms with van der Waals surface area (Å²) in [4.78, 5) is 12.9. The van der Waals surface area contributed by atoms with Gasteiger partial charge in [0.2, 0.25) is 5.76 Å². The van der Waals surface area contributed by atoms with Gasteiger partial charge in [-0.2, -0.15) is 0 Å². The van der Waals surface area contributed by atoms with Gasteiger partial charge in [0.25, 0.3) is 0 Å². The lowest BCUT2D eigenvalue weighted by Gasteiger charge is -2.23. The number of nitrogens with zero attached hydrogens (tertiary/aromatic N) is 1. The van der Waals surface area contributed by atoms with E-state index in [9.17, 15) is 4.79 Å². The topological polar surface area (TPSA) is 62.9 Å². The highest BCUT2D eigenvalue weighted by Gasteiger charge is 2.18. The summed E-state index contributed by atoms with van der Waals surface area (Å²) in [5.41, 5.74) is 1.15. The fraction of sp³-hybridized carbons (Fsp3) is 0.312. The maximum absolute atomic E-state index is 10.8. The highest BCUT2D eigenvalue weighted by atomic mass is 16.5. The maximum Gasteiger partial charge on any atom is 0.371 e. The number of carboxylic acid groups (broad SMARTS) is 1. The van der Waals surface area contributed by atoms with Crippen LogP contribution in [0.3, 0.4) is 0 Å². The van der Waals surface area contributed by atoms with Crippen LogP contribution in [0.5, 0.6) is 5.75 Å². The molecule has 0 spiro atoms. The van der Waals surface area contributed by atoms with Gasteiger partial charge < -0.3 is 14.3 Å². The van der Waals surface area contributed by atoms with Crippen molar-refractivity contribution in [2.24, 2.45) is 0 Å². The summed E-state index contributed by atoms with van der Waals surface area (Å²) in [5, 5.41) is 8.88. The van der Waals surface area contributed by atoms with E-state index in [2.05, 4.69) is 4.90 Å². The van der Waals surface area contributed by atoms with Gasteiger partial charge >= 0.3 is 5.97 Å². The van der Waals surface area contributed by atoms with Gasteiger partial charge in [0.1, 0.15) is 11.5 Å². The minimum atomic E-state index is -1.05. The first kappa shape index (κ1) is 15.1. The van der Waals surface area contributed by atoms with Gasteiger partial charge in [-0.3, -0.25) is 4.90 Å². The zero-order valence-corrected chi connectivity index (χ0v) is 12.4. The molecule has 0 bridgehead atoms. The summed E-state index contributed by atoms with van der Waals surface area (Å²) in [6, 6.07) is 11.0. The maximum atomic E-state index is 10.8. The Morgan fingerprint density at radius 2 is 1.95 bits per heavy atom. The molecule has 2 rings (SSSR count). The monoisotopic (exact) mass is 289 g/mol. The third-order valence-electron chi connectivity index (χ3n) is 3.50. The SMILES string of the molecule is COc1ccc(CN(C)C(C)c2ccc(C(=O)O)o2)cc1. The van der Waals surface area contributed by atoms with E-state index in [1.54, 1.807) is 13.2 Å². The number of furan rings is 1. The highest BCUT2D eigenvalue weighted by molar-refractivity contribution is 5.84. The molecule has 1 atom stereocenters. The second-order valence-corrected chi connectivity index (χ2v) is 4.95. The van der Waals surface area contributed by atoms with Crippen molar-refractivity contribution in [1.82, 2.24) is 4.90 Å². The number of benzene rings is 1. The van der Waals surface area contributed by atoms with Crippen LogP contribution in [0.4, 0.5) is 0 Å². The van der Waals surface area contributed by atoms with Crippen molar-refractivity contribution in [2.75, 3.05) is 14.2 Å². The molecule has 1 unspecified atom stereocenters. The molecular formula is C16H19NO4. The van der Waals surface area contributed by atoms with E-state index in [4.69, 9.17) is 14.3 Å². The summed E-state index contributed by atoms with van der Waals surface area (Å²) in [5.74, 6) is 0.385. The van der Waals surface area contributed by atoms with Crippen LogP contribution < -0.4 is 4.74 Å². The van der Waals surface area contributed by atoms with Gasteiger partial charge in [-0.25, -0.2) is 4.79 Å². The number of methoxy groups -OCH3 is 1. The molecule has 0 fully saturated rings. The first-order valence-corrected chi connectivity index (χ1v) is 6.67. The van der Waals surface area contributed by atoms with Gasteiger partial charge in [0.05, 0.1) is 13.2 Å². The molecule has 0 radical (unpaired) electrons. The quantitative estimate of drug-likeness (QED) is 0.885. The van der Waals surface area contributed by atoms with Crippen LogP contribution in [0.15, 0.2) is 40.8 Å². The minimum Gasteiger partial charge on any atom is -0.497 e. The highest BCUT2D eigenvalue weighted by Crippen LogP contribution is 2.23. The molecule has 1 aromatic carbocycles. The van der Waals surface area contributed by atoms with Crippen LogP contribution in [0.2, 0.25) is 0 Å². The Balaban J connectivity index is 2.03. The van der Waals surface area contributed by atoms with Crippen LogP contribution >= 0.6 is 0 Å². The number of rotatable bonds is 6. The molecular weight excluding hydrogens is 270 g/mol. The Morgan fingerprint density at radius 1 is 1.29 bits per heavy atom. The zero-order valence-electron chi connectivity index (χ0n) is 12.4. The molecule has 0 aliphatic heterocycles. The van der Waals surface area contributed by atoms with Gasteiger partial charge in [-0.1, -0.05) is 12.1 Å². The lowest BCUT2D eigenvalue weighted by molar-refractivity contribution is 0.0656. The summed E-state index contributed by atoms with van der Waals surface area (Å²) in [7, 11) is 3.61. The molecule has 5 nitrogen and oxygen atoms in total. The molecule has 112 valence electrons. The minimum absolute atomic E-state index is 0.0137. The van der Waals surface area contributed by atoms with Crippen molar-refractivity contribution in [1.29, 1.82) is 0 Å². The molecule has 0 aliphatic carbocycles. The van der Waals surface area contributed by atoms with Crippen molar-refractivity contribution in [3.63, 3.8) is 0 Å². The standard InChI is InChI=1S/C16H19NO4/c1-11(14-8-9-15(21-14)16(18)19)17(2)10-12-4-6-13(20-3)7-5-12/h4-9,11H,10H2,1-3H3,(H,18,19). The summed E-state index contributed by atoms with van der Waals surface area (Å²) >= 11 is 0. The number of hydrogen-bond acceptors (Lipinski definition) is 4. The third-order valence-corrected chi connectivity index (χ3v) is 3.50. The Kier molecular flexibility index (Phi) is 4.65. The summed E-state index contributed by atoms with van der Waals surface area (Å²) < 4.78 is 10.5. The van der Waals surface area contributed by atoms with E-state index in [1.807, 2.05) is 38.2 Å². The van der Waals surface area contributed by atoms with Gasteiger partial charge in [0, 0.05) is 6.54 Å². The van der Waals surface area contributed by atoms with Crippen LogP contribution in [0, 0.1) is 0 Å². The number of aromatic carboxylic acids is 1. The molecule has 0 amide bonds. The Labute approximate surface area is 123 Å². The average Bonchev–Trinajstić information content (AvgIpc) is 2.97. The van der Waals surface area contributed by atoms with Crippen molar-refractivity contribution < 1.29 is 19.1 Å². The lowest BCUT2D eigenvalue weighted by Crippen LogP contribution is -2.21. The van der Waals surface area contributed by atoms with Crippen LogP contribution in [0.1, 0.15) is 34.8 Å². The predicted octanol–water partition coefficient (Wildman–Crippen LogP) is 3.18. The third kappa shape index (κ3) is 3.64. The smallest absolute Gasteiger partial charge is 0.371 e. The first-order chi connectivity index (χ1) is 10.0. The average molecular weight is 289 g/mol. The summed E-state index contributed by atoms with van der Waals surface area (Å²) in [6.45, 7) is 2.71. The molecule has 5 heteroatoms. The molecule has 0 saturated heterocycles. The molecule has 2 aromatic rings. The molecule has 1 aromatic heterocycles. The molecule has 0 aliphatic rings. The van der Waals surface area contributed by atoms with E-state index in [0.29, 0.717) is 5.76 Å². The molecule has 1 N–H and O–H groups in total. The van der Waals surface area contributed by atoms with Crippen molar-refractivity contribution in [2.45, 2.75) is 19.5 Å². The number of ether oxygens (including phenoxy) is 1. The molecule has 0 saturated carbocycles. The summed E-state index contributed by atoms with van der Waals surface area (Å²) in [6.07, 6.45) is 0. The Bertz CT molecular complexity index is 603. The van der Waals surface area contributed by atoms with E-state index >= 15 is 0 Å². The number of carboxylic acids is 1. The Hall–Kier alpha value is -2.27. The first-order valence-electron chi connectivity index (χ1n) is 6.67. The van der Waals surface area contributed by atoms with E-state index in [1.165, 1.54) is 6.07 Å². The lowest BCUT2D eigenvalue weighted by atomic mass is 10.1. The fourth-order valence-corrected chi connectivity index (χ4v) is 2.07.